The van der Waals surface area contributed by atoms with Crippen molar-refractivity contribution >= 4 is 19.2 Å². The van der Waals surface area contributed by atoms with Crippen molar-refractivity contribution in [2.45, 2.75) is 111 Å². The Morgan fingerprint density at radius 2 is 1.90 bits per heavy atom. The van der Waals surface area contributed by atoms with E-state index in [0.717, 1.165) is 48.8 Å². The third-order valence-electron chi connectivity index (χ3n) is 6.98. The molecule has 0 aliphatic heterocycles. The number of benzene rings is 1. The van der Waals surface area contributed by atoms with Crippen LogP contribution in [0.15, 0.2) is 35.9 Å². The molecule has 224 valence electrons. The summed E-state index contributed by atoms with van der Waals surface area (Å²) >= 11 is 0. The van der Waals surface area contributed by atoms with Gasteiger partial charge in [-0.05, 0) is 97.8 Å². The zero-order chi connectivity index (χ0) is 30.3. The first-order chi connectivity index (χ1) is 18.6. The summed E-state index contributed by atoms with van der Waals surface area (Å²) in [5, 5.41) is 14.0. The average Bonchev–Trinajstić information content (AvgIpc) is 2.83. The molecule has 0 saturated carbocycles. The van der Waals surface area contributed by atoms with Crippen molar-refractivity contribution in [1.82, 2.24) is 5.09 Å². The standard InChI is InChI=1S/C31H48NO7P/c1-10-12-13-14-23-18-26(33)28(25-17-22(7)15-16-24(25)20(3)4)27(19-23)39-40(36,30(35)37-11-2)32-31(8,9)29(34)38-21(5)6/h17-19,21,24-25,33H,3,10-16H2,1-2,4-9H3,(H,32,36). The minimum Gasteiger partial charge on any atom is -0.507 e. The van der Waals surface area contributed by atoms with E-state index in [-0.39, 0.29) is 29.9 Å². The first kappa shape index (κ1) is 33.6. The number of allylic oxidation sites excluding steroid dienone is 3. The summed E-state index contributed by atoms with van der Waals surface area (Å²) in [6.45, 7) is 18.2. The van der Waals surface area contributed by atoms with Crippen LogP contribution in [0.5, 0.6) is 11.5 Å². The lowest BCUT2D eigenvalue weighted by atomic mass is 9.73. The van der Waals surface area contributed by atoms with E-state index in [1.54, 1.807) is 32.9 Å². The van der Waals surface area contributed by atoms with Crippen LogP contribution < -0.4 is 9.61 Å². The molecule has 0 amide bonds. The van der Waals surface area contributed by atoms with Gasteiger partial charge in [0.1, 0.15) is 17.0 Å². The number of phenols is 1. The Balaban J connectivity index is 2.70. The second kappa shape index (κ2) is 14.4. The van der Waals surface area contributed by atoms with Crippen molar-refractivity contribution in [2.24, 2.45) is 5.92 Å². The van der Waals surface area contributed by atoms with E-state index in [1.165, 1.54) is 13.8 Å². The van der Waals surface area contributed by atoms with Gasteiger partial charge in [-0.25, -0.2) is 14.4 Å². The van der Waals surface area contributed by atoms with Gasteiger partial charge >= 0.3 is 19.2 Å². The van der Waals surface area contributed by atoms with Crippen LogP contribution in [-0.2, 0) is 25.3 Å². The Morgan fingerprint density at radius 3 is 2.48 bits per heavy atom. The highest BCUT2D eigenvalue weighted by molar-refractivity contribution is 7.74. The van der Waals surface area contributed by atoms with Gasteiger partial charge in [-0.3, -0.25) is 4.79 Å². The predicted octanol–water partition coefficient (Wildman–Crippen LogP) is 8.19. The summed E-state index contributed by atoms with van der Waals surface area (Å²) in [6, 6.07) is 3.46. The smallest absolute Gasteiger partial charge is 0.424 e. The lowest BCUT2D eigenvalue weighted by molar-refractivity contribution is -0.153. The summed E-state index contributed by atoms with van der Waals surface area (Å²) in [5.41, 5.74) is 0.672. The van der Waals surface area contributed by atoms with E-state index >= 15 is 0 Å². The van der Waals surface area contributed by atoms with Crippen molar-refractivity contribution in [3.05, 3.63) is 47.1 Å². The Morgan fingerprint density at radius 1 is 1.23 bits per heavy atom. The van der Waals surface area contributed by atoms with Crippen LogP contribution in [0.25, 0.3) is 0 Å². The number of rotatable bonds is 14. The van der Waals surface area contributed by atoms with Crippen molar-refractivity contribution < 1.29 is 33.3 Å². The molecule has 0 heterocycles. The Bertz CT molecular complexity index is 1150. The van der Waals surface area contributed by atoms with Crippen LogP contribution in [-0.4, -0.2) is 35.0 Å². The number of phenolic OH excluding ortho intramolecular Hbond substituents is 1. The number of nitrogens with one attached hydrogen (secondary N) is 1. The average molecular weight is 578 g/mol. The Hall–Kier alpha value is -2.57. The maximum absolute atomic E-state index is 14.3. The molecule has 0 spiro atoms. The lowest BCUT2D eigenvalue weighted by Crippen LogP contribution is -2.48. The number of hydrogen-bond donors (Lipinski definition) is 2. The fraction of sp³-hybridized carbons (Fsp3) is 0.613. The minimum atomic E-state index is -4.54. The summed E-state index contributed by atoms with van der Waals surface area (Å²) in [5.74, 6) is -0.873. The monoisotopic (exact) mass is 577 g/mol. The zero-order valence-corrected chi connectivity index (χ0v) is 26.4. The first-order valence-electron chi connectivity index (χ1n) is 14.3. The third-order valence-corrected chi connectivity index (χ3v) is 8.89. The molecule has 8 nitrogen and oxygen atoms in total. The molecule has 2 N–H and O–H groups in total. The van der Waals surface area contributed by atoms with E-state index in [0.29, 0.717) is 12.0 Å². The highest BCUT2D eigenvalue weighted by atomic mass is 31.2. The van der Waals surface area contributed by atoms with Crippen molar-refractivity contribution in [2.75, 3.05) is 6.61 Å². The Labute approximate surface area is 240 Å². The molecule has 40 heavy (non-hydrogen) atoms. The lowest BCUT2D eigenvalue weighted by Gasteiger charge is -2.33. The van der Waals surface area contributed by atoms with E-state index in [4.69, 9.17) is 14.0 Å². The van der Waals surface area contributed by atoms with E-state index in [9.17, 15) is 19.3 Å². The van der Waals surface area contributed by atoms with E-state index < -0.39 is 30.8 Å². The highest BCUT2D eigenvalue weighted by Gasteiger charge is 2.46. The van der Waals surface area contributed by atoms with Gasteiger partial charge in [0.25, 0.3) is 0 Å². The summed E-state index contributed by atoms with van der Waals surface area (Å²) in [7, 11) is -4.54. The number of carbonyl (C=O) groups excluding carboxylic acids is 2. The number of hydrogen-bond acceptors (Lipinski definition) is 7. The molecule has 0 fully saturated rings. The van der Waals surface area contributed by atoms with Crippen LogP contribution in [0.1, 0.15) is 105 Å². The fourth-order valence-electron chi connectivity index (χ4n) is 4.94. The van der Waals surface area contributed by atoms with Gasteiger partial charge in [0.2, 0.25) is 0 Å². The van der Waals surface area contributed by atoms with Crippen LogP contribution in [0.4, 0.5) is 4.79 Å². The highest BCUT2D eigenvalue weighted by Crippen LogP contribution is 2.53. The van der Waals surface area contributed by atoms with Gasteiger partial charge in [0.15, 0.2) is 0 Å². The molecule has 2 rings (SSSR count). The van der Waals surface area contributed by atoms with Crippen LogP contribution in [0.2, 0.25) is 0 Å². The molecule has 0 bridgehead atoms. The van der Waals surface area contributed by atoms with Gasteiger partial charge in [0, 0.05) is 11.5 Å². The normalized spacial score (nSPS) is 19.0. The minimum absolute atomic E-state index is 0.0000787. The van der Waals surface area contributed by atoms with Crippen LogP contribution in [0, 0.1) is 5.92 Å². The molecule has 1 aromatic carbocycles. The van der Waals surface area contributed by atoms with Gasteiger partial charge in [-0.15, -0.1) is 0 Å². The van der Waals surface area contributed by atoms with Gasteiger partial charge in [0.05, 0.1) is 12.7 Å². The Kier molecular flexibility index (Phi) is 12.1. The second-order valence-electron chi connectivity index (χ2n) is 11.5. The number of aromatic hydroxyl groups is 1. The van der Waals surface area contributed by atoms with Crippen molar-refractivity contribution in [3.8, 4) is 11.5 Å². The maximum atomic E-state index is 14.3. The molecular formula is C31H48NO7P. The molecular weight excluding hydrogens is 529 g/mol. The van der Waals surface area contributed by atoms with Gasteiger partial charge in [-0.1, -0.05) is 43.6 Å². The van der Waals surface area contributed by atoms with Crippen molar-refractivity contribution in [1.29, 1.82) is 0 Å². The second-order valence-corrected chi connectivity index (χ2v) is 13.4. The van der Waals surface area contributed by atoms with Crippen molar-refractivity contribution in [3.63, 3.8) is 0 Å². The molecule has 1 aromatic rings. The van der Waals surface area contributed by atoms with Crippen LogP contribution >= 0.6 is 7.52 Å². The molecule has 3 atom stereocenters. The van der Waals surface area contributed by atoms with E-state index in [2.05, 4.69) is 24.7 Å². The van der Waals surface area contributed by atoms with E-state index in [1.807, 2.05) is 13.8 Å². The summed E-state index contributed by atoms with van der Waals surface area (Å²) < 4.78 is 31.0. The predicted molar refractivity (Wildman–Crippen MR) is 159 cm³/mol. The van der Waals surface area contributed by atoms with Crippen LogP contribution in [0.3, 0.4) is 0 Å². The third kappa shape index (κ3) is 8.71. The summed E-state index contributed by atoms with van der Waals surface area (Å²) in [6.07, 6.45) is 7.00. The topological polar surface area (TPSA) is 111 Å². The first-order valence-corrected chi connectivity index (χ1v) is 15.9. The molecule has 1 aliphatic carbocycles. The molecule has 0 saturated heterocycles. The SMILES string of the molecule is C=C(C)C1CCC(C)=CC1c1c(O)cc(CCCCC)cc1OP(=O)(NC(C)(C)C(=O)OC(C)C)C(=O)OCC. The molecule has 1 aliphatic rings. The molecule has 0 aromatic heterocycles. The van der Waals surface area contributed by atoms with Gasteiger partial charge in [-0.2, -0.15) is 0 Å². The quantitative estimate of drug-likeness (QED) is 0.0985. The maximum Gasteiger partial charge on any atom is 0.424 e. The largest absolute Gasteiger partial charge is 0.507 e. The molecule has 3 unspecified atom stereocenters. The number of esters is 1. The fourth-order valence-corrected chi connectivity index (χ4v) is 6.70. The summed E-state index contributed by atoms with van der Waals surface area (Å²) in [4.78, 5) is 26.0. The number of aryl methyl sites for hydroxylation is 1. The molecule has 9 heteroatoms. The molecule has 0 radical (unpaired) electrons. The van der Waals surface area contributed by atoms with Gasteiger partial charge < -0.3 is 19.1 Å². The number of unbranched alkanes of at least 4 members (excludes halogenated alkanes) is 2. The number of ether oxygens (including phenoxy) is 2. The zero-order valence-electron chi connectivity index (χ0n) is 25.5. The number of carbonyl (C=O) groups is 2.